The molecule has 0 saturated heterocycles. The summed E-state index contributed by atoms with van der Waals surface area (Å²) in [6.07, 6.45) is 3.98. The van der Waals surface area contributed by atoms with Crippen LogP contribution in [0.1, 0.15) is 52.7 Å². The number of hydrogen-bond donors (Lipinski definition) is 2. The Hall–Kier alpha value is -4.24. The van der Waals surface area contributed by atoms with Crippen LogP contribution in [0, 0.1) is 0 Å². The van der Waals surface area contributed by atoms with Crippen LogP contribution >= 0.6 is 0 Å². The number of anilines is 2. The minimum Gasteiger partial charge on any atom is -0.493 e. The molecule has 216 valence electrons. The van der Waals surface area contributed by atoms with E-state index in [2.05, 4.69) is 68.2 Å². The molecule has 9 heteroatoms. The van der Waals surface area contributed by atoms with E-state index >= 15 is 0 Å². The van der Waals surface area contributed by atoms with E-state index < -0.39 is 0 Å². The van der Waals surface area contributed by atoms with Crippen LogP contribution in [0.3, 0.4) is 0 Å². The minimum atomic E-state index is -0.353. The zero-order chi connectivity index (χ0) is 29.9. The molecule has 0 bridgehead atoms. The first-order valence-electron chi connectivity index (χ1n) is 13.5. The van der Waals surface area contributed by atoms with Crippen LogP contribution in [-0.4, -0.2) is 49.0 Å². The first kappa shape index (κ1) is 29.7. The van der Waals surface area contributed by atoms with Gasteiger partial charge in [0.05, 0.1) is 30.6 Å². The normalized spacial score (nSPS) is 14.0. The van der Waals surface area contributed by atoms with E-state index in [9.17, 15) is 9.59 Å². The number of ether oxygens (including phenoxy) is 3. The number of fused-ring (bicyclic) bond motifs is 1. The zero-order valence-electron chi connectivity index (χ0n) is 25.0. The third kappa shape index (κ3) is 6.92. The van der Waals surface area contributed by atoms with Crippen LogP contribution in [0.25, 0.3) is 10.9 Å². The Morgan fingerprint density at radius 1 is 0.732 bits per heavy atom. The zero-order valence-corrected chi connectivity index (χ0v) is 25.0. The van der Waals surface area contributed by atoms with E-state index in [1.54, 1.807) is 19.2 Å². The fourth-order valence-corrected chi connectivity index (χ4v) is 4.28. The Balaban J connectivity index is 1.59. The predicted octanol–water partition coefficient (Wildman–Crippen LogP) is 5.70. The van der Waals surface area contributed by atoms with Crippen molar-refractivity contribution in [3.63, 3.8) is 0 Å². The highest BCUT2D eigenvalue weighted by molar-refractivity contribution is 6.22. The predicted molar refractivity (Wildman–Crippen MR) is 161 cm³/mol. The fourth-order valence-electron chi connectivity index (χ4n) is 4.28. The summed E-state index contributed by atoms with van der Waals surface area (Å²) < 4.78 is 16.3. The average molecular weight is 559 g/mol. The van der Waals surface area contributed by atoms with Crippen molar-refractivity contribution in [2.75, 3.05) is 38.1 Å². The highest BCUT2D eigenvalue weighted by atomic mass is 16.5. The molecule has 1 aliphatic rings. The van der Waals surface area contributed by atoms with Gasteiger partial charge in [0.15, 0.2) is 11.5 Å². The molecule has 1 aromatic heterocycles. The number of nitrogens with zero attached hydrogens (tertiary/aromatic N) is 2. The minimum absolute atomic E-state index is 0.0880. The van der Waals surface area contributed by atoms with Gasteiger partial charge < -0.3 is 24.8 Å². The number of ketones is 2. The van der Waals surface area contributed by atoms with Crippen molar-refractivity contribution in [3.8, 4) is 11.5 Å². The van der Waals surface area contributed by atoms with E-state index in [1.807, 2.05) is 12.1 Å². The van der Waals surface area contributed by atoms with Gasteiger partial charge in [0.1, 0.15) is 18.8 Å². The quantitative estimate of drug-likeness (QED) is 0.252. The second kappa shape index (κ2) is 11.7. The summed E-state index contributed by atoms with van der Waals surface area (Å²) in [5.41, 5.74) is 3.76. The molecule has 2 N–H and O–H groups in total. The van der Waals surface area contributed by atoms with E-state index in [4.69, 9.17) is 14.2 Å². The molecule has 0 spiro atoms. The summed E-state index contributed by atoms with van der Waals surface area (Å²) in [6.45, 7) is 13.7. The van der Waals surface area contributed by atoms with Gasteiger partial charge in [0.25, 0.3) is 0 Å². The van der Waals surface area contributed by atoms with Gasteiger partial charge in [-0.1, -0.05) is 47.6 Å². The molecular formula is C32H38N4O5. The number of hydrogen-bond acceptors (Lipinski definition) is 9. The molecular weight excluding hydrogens is 520 g/mol. The molecule has 4 rings (SSSR count). The van der Waals surface area contributed by atoms with Crippen molar-refractivity contribution in [2.24, 2.45) is 0 Å². The number of methoxy groups -OCH3 is 2. The average Bonchev–Trinajstić information content (AvgIpc) is 2.90. The molecule has 0 fully saturated rings. The second-order valence-corrected chi connectivity index (χ2v) is 12.0. The summed E-state index contributed by atoms with van der Waals surface area (Å²) in [4.78, 5) is 35.0. The Kier molecular flexibility index (Phi) is 8.49. The fraction of sp³-hybridized carbons (Fsp3) is 0.375. The van der Waals surface area contributed by atoms with E-state index in [1.165, 1.54) is 25.6 Å². The number of aromatic nitrogens is 2. The SMILES string of the molecule is COCCOc1cc2ncnc(NC3=CC(=O)C(Nc4cc(C(C)(C)C)cc(C(C)(C)C)c4)=CC3=O)c2cc1OC. The van der Waals surface area contributed by atoms with Crippen molar-refractivity contribution >= 4 is 34.0 Å². The molecule has 0 saturated carbocycles. The van der Waals surface area contributed by atoms with Gasteiger partial charge in [0, 0.05) is 36.4 Å². The van der Waals surface area contributed by atoms with Crippen molar-refractivity contribution in [2.45, 2.75) is 52.4 Å². The number of carbonyl (C=O) groups excluding carboxylic acids is 2. The highest BCUT2D eigenvalue weighted by Crippen LogP contribution is 2.35. The maximum Gasteiger partial charge on any atom is 0.204 e. The van der Waals surface area contributed by atoms with Gasteiger partial charge in [-0.05, 0) is 40.2 Å². The molecule has 41 heavy (non-hydrogen) atoms. The lowest BCUT2D eigenvalue weighted by Gasteiger charge is -2.26. The third-order valence-corrected chi connectivity index (χ3v) is 6.74. The van der Waals surface area contributed by atoms with Crippen LogP contribution in [0.5, 0.6) is 11.5 Å². The van der Waals surface area contributed by atoms with Gasteiger partial charge in [0.2, 0.25) is 11.6 Å². The van der Waals surface area contributed by atoms with E-state index in [0.29, 0.717) is 41.4 Å². The Bertz CT molecular complexity index is 1510. The molecule has 1 heterocycles. The standard InChI is InChI=1S/C32H38N4O5/c1-31(2,3)19-11-20(32(4,5)6)13-21(12-19)35-24-15-27(38)25(16-26(24)37)36-30-22-14-28(40-8)29(41-10-9-39-7)17-23(22)33-18-34-30/h11-18,35H,9-10H2,1-8H3,(H,33,34,36). The van der Waals surface area contributed by atoms with Gasteiger partial charge >= 0.3 is 0 Å². The number of nitrogens with one attached hydrogen (secondary N) is 2. The van der Waals surface area contributed by atoms with Crippen molar-refractivity contribution < 1.29 is 23.8 Å². The molecule has 9 nitrogen and oxygen atoms in total. The number of benzene rings is 2. The number of allylic oxidation sites excluding steroid dienone is 2. The molecule has 1 aliphatic carbocycles. The van der Waals surface area contributed by atoms with Crippen LogP contribution < -0.4 is 20.1 Å². The number of rotatable bonds is 9. The van der Waals surface area contributed by atoms with Crippen molar-refractivity contribution in [1.29, 1.82) is 0 Å². The largest absolute Gasteiger partial charge is 0.493 e. The third-order valence-electron chi connectivity index (χ3n) is 6.74. The van der Waals surface area contributed by atoms with Gasteiger partial charge in [-0.2, -0.15) is 0 Å². The lowest BCUT2D eigenvalue weighted by atomic mass is 9.80. The Labute approximate surface area is 241 Å². The molecule has 0 amide bonds. The lowest BCUT2D eigenvalue weighted by molar-refractivity contribution is -0.115. The van der Waals surface area contributed by atoms with Crippen LogP contribution in [0.2, 0.25) is 0 Å². The second-order valence-electron chi connectivity index (χ2n) is 12.0. The summed E-state index contributed by atoms with van der Waals surface area (Å²) in [5.74, 6) is 0.670. The molecule has 3 aromatic rings. The van der Waals surface area contributed by atoms with Crippen molar-refractivity contribution in [3.05, 3.63) is 71.3 Å². The van der Waals surface area contributed by atoms with Gasteiger partial charge in [-0.3, -0.25) is 9.59 Å². The number of carbonyl (C=O) groups is 2. The maximum atomic E-state index is 13.2. The van der Waals surface area contributed by atoms with Crippen LogP contribution in [-0.2, 0) is 25.2 Å². The smallest absolute Gasteiger partial charge is 0.204 e. The first-order chi connectivity index (χ1) is 19.3. The molecule has 0 unspecified atom stereocenters. The van der Waals surface area contributed by atoms with Gasteiger partial charge in [-0.25, -0.2) is 9.97 Å². The van der Waals surface area contributed by atoms with E-state index in [-0.39, 0.29) is 33.8 Å². The lowest BCUT2D eigenvalue weighted by Crippen LogP contribution is -2.23. The summed E-state index contributed by atoms with van der Waals surface area (Å²) in [5, 5.41) is 6.82. The van der Waals surface area contributed by atoms with E-state index in [0.717, 1.165) is 16.8 Å². The first-order valence-corrected chi connectivity index (χ1v) is 13.5. The summed E-state index contributed by atoms with van der Waals surface area (Å²) >= 11 is 0. The van der Waals surface area contributed by atoms with Crippen LogP contribution in [0.4, 0.5) is 11.5 Å². The molecule has 0 aliphatic heterocycles. The maximum absolute atomic E-state index is 13.2. The monoisotopic (exact) mass is 558 g/mol. The Morgan fingerprint density at radius 2 is 1.34 bits per heavy atom. The topological polar surface area (TPSA) is 112 Å². The van der Waals surface area contributed by atoms with Crippen molar-refractivity contribution in [1.82, 2.24) is 9.97 Å². The summed E-state index contributed by atoms with van der Waals surface area (Å²) in [6, 6.07) is 9.72. The molecule has 0 radical (unpaired) electrons. The highest BCUT2D eigenvalue weighted by Gasteiger charge is 2.24. The van der Waals surface area contributed by atoms with Gasteiger partial charge in [-0.15, -0.1) is 0 Å². The molecule has 0 atom stereocenters. The summed E-state index contributed by atoms with van der Waals surface area (Å²) in [7, 11) is 3.13. The Morgan fingerprint density at radius 3 is 1.90 bits per heavy atom. The van der Waals surface area contributed by atoms with Crippen LogP contribution in [0.15, 0.2) is 60.2 Å². The molecule has 2 aromatic carbocycles.